The SMILES string of the molecule is Cc1ccccc1COC(=O)c1ccccc1OCC(N)=O. The van der Waals surface area contributed by atoms with Crippen LogP contribution < -0.4 is 10.5 Å². The van der Waals surface area contributed by atoms with E-state index < -0.39 is 11.9 Å². The molecule has 0 fully saturated rings. The molecule has 0 aliphatic rings. The van der Waals surface area contributed by atoms with E-state index in [0.29, 0.717) is 0 Å². The Hall–Kier alpha value is -2.82. The fourth-order valence-electron chi connectivity index (χ4n) is 1.90. The summed E-state index contributed by atoms with van der Waals surface area (Å²) in [5, 5.41) is 0. The second-order valence-corrected chi connectivity index (χ2v) is 4.75. The highest BCUT2D eigenvalue weighted by Crippen LogP contribution is 2.20. The number of rotatable bonds is 6. The van der Waals surface area contributed by atoms with E-state index in [0.717, 1.165) is 11.1 Å². The van der Waals surface area contributed by atoms with E-state index in [1.165, 1.54) is 0 Å². The van der Waals surface area contributed by atoms with Crippen LogP contribution in [0.15, 0.2) is 48.5 Å². The van der Waals surface area contributed by atoms with E-state index in [-0.39, 0.29) is 24.5 Å². The van der Waals surface area contributed by atoms with E-state index in [4.69, 9.17) is 15.2 Å². The van der Waals surface area contributed by atoms with Crippen molar-refractivity contribution in [2.45, 2.75) is 13.5 Å². The van der Waals surface area contributed by atoms with Crippen molar-refractivity contribution in [3.8, 4) is 5.75 Å². The molecule has 0 spiro atoms. The summed E-state index contributed by atoms with van der Waals surface area (Å²) < 4.78 is 10.5. The Morgan fingerprint density at radius 2 is 1.73 bits per heavy atom. The first kappa shape index (κ1) is 15.6. The predicted octanol–water partition coefficient (Wildman–Crippen LogP) is 2.22. The number of benzene rings is 2. The Labute approximate surface area is 128 Å². The summed E-state index contributed by atoms with van der Waals surface area (Å²) in [5.74, 6) is -0.845. The average Bonchev–Trinajstić information content (AvgIpc) is 2.52. The number of para-hydroxylation sites is 1. The van der Waals surface area contributed by atoms with E-state index in [1.807, 2.05) is 31.2 Å². The highest BCUT2D eigenvalue weighted by atomic mass is 16.5. The van der Waals surface area contributed by atoms with Crippen LogP contribution in [0, 0.1) is 6.92 Å². The number of hydrogen-bond acceptors (Lipinski definition) is 4. The smallest absolute Gasteiger partial charge is 0.342 e. The third-order valence-electron chi connectivity index (χ3n) is 3.10. The van der Waals surface area contributed by atoms with Gasteiger partial charge in [0, 0.05) is 0 Å². The normalized spacial score (nSPS) is 10.0. The minimum absolute atomic E-state index is 0.176. The van der Waals surface area contributed by atoms with Crippen LogP contribution in [0.4, 0.5) is 0 Å². The highest BCUT2D eigenvalue weighted by molar-refractivity contribution is 5.92. The lowest BCUT2D eigenvalue weighted by atomic mass is 10.1. The minimum Gasteiger partial charge on any atom is -0.483 e. The quantitative estimate of drug-likeness (QED) is 0.829. The topological polar surface area (TPSA) is 78.6 Å². The molecule has 22 heavy (non-hydrogen) atoms. The lowest BCUT2D eigenvalue weighted by Gasteiger charge is -2.11. The van der Waals surface area contributed by atoms with Gasteiger partial charge in [-0.25, -0.2) is 4.79 Å². The van der Waals surface area contributed by atoms with Crippen LogP contribution in [0.5, 0.6) is 5.75 Å². The third kappa shape index (κ3) is 4.09. The van der Waals surface area contributed by atoms with Crippen molar-refractivity contribution in [2.24, 2.45) is 5.73 Å². The Kier molecular flexibility index (Phi) is 5.14. The summed E-state index contributed by atoms with van der Waals surface area (Å²) in [4.78, 5) is 23.0. The second kappa shape index (κ2) is 7.26. The van der Waals surface area contributed by atoms with Crippen molar-refractivity contribution in [3.63, 3.8) is 0 Å². The number of carbonyl (C=O) groups excluding carboxylic acids is 2. The van der Waals surface area contributed by atoms with Crippen molar-refractivity contribution < 1.29 is 19.1 Å². The van der Waals surface area contributed by atoms with Crippen LogP contribution in [0.3, 0.4) is 0 Å². The first-order valence-electron chi connectivity index (χ1n) is 6.79. The van der Waals surface area contributed by atoms with Crippen molar-refractivity contribution in [2.75, 3.05) is 6.61 Å². The number of ether oxygens (including phenoxy) is 2. The van der Waals surface area contributed by atoms with Gasteiger partial charge in [0.15, 0.2) is 6.61 Å². The molecule has 0 aromatic heterocycles. The third-order valence-corrected chi connectivity index (χ3v) is 3.10. The molecule has 0 unspecified atom stereocenters. The van der Waals surface area contributed by atoms with Crippen LogP contribution in [-0.2, 0) is 16.1 Å². The number of hydrogen-bond donors (Lipinski definition) is 1. The van der Waals surface area contributed by atoms with Gasteiger partial charge in [0.2, 0.25) is 0 Å². The number of aryl methyl sites for hydroxylation is 1. The molecule has 2 rings (SSSR count). The summed E-state index contributed by atoms with van der Waals surface area (Å²) >= 11 is 0. The zero-order valence-corrected chi connectivity index (χ0v) is 12.2. The van der Waals surface area contributed by atoms with Gasteiger partial charge in [-0.3, -0.25) is 4.79 Å². The second-order valence-electron chi connectivity index (χ2n) is 4.75. The van der Waals surface area contributed by atoms with Crippen molar-refractivity contribution in [1.82, 2.24) is 0 Å². The number of esters is 1. The van der Waals surface area contributed by atoms with Gasteiger partial charge in [-0.15, -0.1) is 0 Å². The van der Waals surface area contributed by atoms with E-state index in [9.17, 15) is 9.59 Å². The maximum atomic E-state index is 12.2. The summed E-state index contributed by atoms with van der Waals surface area (Å²) in [5.41, 5.74) is 7.29. The van der Waals surface area contributed by atoms with Gasteiger partial charge < -0.3 is 15.2 Å². The molecule has 0 saturated heterocycles. The van der Waals surface area contributed by atoms with Gasteiger partial charge in [0.1, 0.15) is 17.9 Å². The van der Waals surface area contributed by atoms with Crippen molar-refractivity contribution in [1.29, 1.82) is 0 Å². The van der Waals surface area contributed by atoms with E-state index >= 15 is 0 Å². The Morgan fingerprint density at radius 3 is 2.45 bits per heavy atom. The Morgan fingerprint density at radius 1 is 1.05 bits per heavy atom. The molecule has 0 aliphatic heterocycles. The fraction of sp³-hybridized carbons (Fsp3) is 0.176. The molecule has 0 bridgehead atoms. The molecule has 2 N–H and O–H groups in total. The Bertz CT molecular complexity index is 682. The van der Waals surface area contributed by atoms with Gasteiger partial charge in [0.25, 0.3) is 5.91 Å². The van der Waals surface area contributed by atoms with Gasteiger partial charge >= 0.3 is 5.97 Å². The average molecular weight is 299 g/mol. The standard InChI is InChI=1S/C17H17NO4/c1-12-6-2-3-7-13(12)10-22-17(20)14-8-4-5-9-15(14)21-11-16(18)19/h2-9H,10-11H2,1H3,(H2,18,19). The first-order valence-corrected chi connectivity index (χ1v) is 6.79. The lowest BCUT2D eigenvalue weighted by molar-refractivity contribution is -0.119. The van der Waals surface area contributed by atoms with Gasteiger partial charge in [0.05, 0.1) is 0 Å². The molecule has 114 valence electrons. The molecule has 0 radical (unpaired) electrons. The molecule has 0 aliphatic carbocycles. The maximum absolute atomic E-state index is 12.2. The van der Waals surface area contributed by atoms with Crippen molar-refractivity contribution in [3.05, 3.63) is 65.2 Å². The zero-order valence-electron chi connectivity index (χ0n) is 12.2. The van der Waals surface area contributed by atoms with Gasteiger partial charge in [-0.05, 0) is 30.2 Å². The van der Waals surface area contributed by atoms with E-state index in [1.54, 1.807) is 24.3 Å². The molecule has 1 amide bonds. The molecule has 0 heterocycles. The van der Waals surface area contributed by atoms with Crippen LogP contribution >= 0.6 is 0 Å². The van der Waals surface area contributed by atoms with Gasteiger partial charge in [-0.2, -0.15) is 0 Å². The number of nitrogens with two attached hydrogens (primary N) is 1. The van der Waals surface area contributed by atoms with E-state index in [2.05, 4.69) is 0 Å². The molecular weight excluding hydrogens is 282 g/mol. The number of primary amides is 1. The monoisotopic (exact) mass is 299 g/mol. The van der Waals surface area contributed by atoms with Crippen LogP contribution in [-0.4, -0.2) is 18.5 Å². The fourth-order valence-corrected chi connectivity index (χ4v) is 1.90. The molecule has 5 nitrogen and oxygen atoms in total. The molecule has 5 heteroatoms. The van der Waals surface area contributed by atoms with Crippen LogP contribution in [0.2, 0.25) is 0 Å². The maximum Gasteiger partial charge on any atom is 0.342 e. The summed E-state index contributed by atoms with van der Waals surface area (Å²) in [6.45, 7) is 1.84. The first-order chi connectivity index (χ1) is 10.6. The lowest BCUT2D eigenvalue weighted by Crippen LogP contribution is -2.21. The van der Waals surface area contributed by atoms with Crippen molar-refractivity contribution >= 4 is 11.9 Å². The molecular formula is C17H17NO4. The van der Waals surface area contributed by atoms with Crippen LogP contribution in [0.25, 0.3) is 0 Å². The predicted molar refractivity (Wildman–Crippen MR) is 81.4 cm³/mol. The van der Waals surface area contributed by atoms with Crippen LogP contribution in [0.1, 0.15) is 21.5 Å². The summed E-state index contributed by atoms with van der Waals surface area (Å²) in [6, 6.07) is 14.2. The zero-order chi connectivity index (χ0) is 15.9. The number of carbonyl (C=O) groups is 2. The highest BCUT2D eigenvalue weighted by Gasteiger charge is 2.14. The molecule has 2 aromatic carbocycles. The minimum atomic E-state index is -0.608. The molecule has 0 atom stereocenters. The summed E-state index contributed by atoms with van der Waals surface area (Å²) in [6.07, 6.45) is 0. The summed E-state index contributed by atoms with van der Waals surface area (Å²) in [7, 11) is 0. The Balaban J connectivity index is 2.06. The van der Waals surface area contributed by atoms with Gasteiger partial charge in [-0.1, -0.05) is 36.4 Å². The molecule has 2 aromatic rings. The largest absolute Gasteiger partial charge is 0.483 e. The number of amides is 1. The molecule has 0 saturated carbocycles.